The van der Waals surface area contributed by atoms with Gasteiger partial charge in [0.1, 0.15) is 0 Å². The molecule has 0 aliphatic carbocycles. The number of halogens is 1. The largest absolute Gasteiger partial charge is 0.309 e. The average molecular weight is 265 g/mol. The minimum Gasteiger partial charge on any atom is -0.309 e. The van der Waals surface area contributed by atoms with Crippen molar-refractivity contribution in [3.63, 3.8) is 0 Å². The normalized spacial score (nSPS) is 12.6. The van der Waals surface area contributed by atoms with E-state index in [0.29, 0.717) is 5.02 Å². The fourth-order valence-corrected chi connectivity index (χ4v) is 2.24. The molecule has 0 saturated carbocycles. The summed E-state index contributed by atoms with van der Waals surface area (Å²) in [5.74, 6) is 0. The van der Waals surface area contributed by atoms with Gasteiger partial charge in [0.05, 0.1) is 16.8 Å². The van der Waals surface area contributed by atoms with E-state index in [2.05, 4.69) is 22.3 Å². The molecule has 1 N–H and O–H groups in total. The first-order valence-corrected chi connectivity index (χ1v) is 6.39. The Morgan fingerprint density at radius 1 is 1.39 bits per heavy atom. The molecule has 0 radical (unpaired) electrons. The maximum atomic E-state index is 6.16. The molecule has 0 bridgehead atoms. The summed E-state index contributed by atoms with van der Waals surface area (Å²) >= 11 is 6.16. The van der Waals surface area contributed by atoms with Crippen LogP contribution in [0.15, 0.2) is 30.7 Å². The lowest BCUT2D eigenvalue weighted by Gasteiger charge is -2.18. The highest BCUT2D eigenvalue weighted by Crippen LogP contribution is 2.22. The second-order valence-electron chi connectivity index (χ2n) is 4.16. The lowest BCUT2D eigenvalue weighted by Crippen LogP contribution is -2.25. The number of nitrogens with one attached hydrogen (secondary N) is 1. The summed E-state index contributed by atoms with van der Waals surface area (Å²) in [6.07, 6.45) is 6.10. The molecular weight excluding hydrogens is 248 g/mol. The molecule has 2 heterocycles. The minimum atomic E-state index is 0.211. The van der Waals surface area contributed by atoms with Crippen LogP contribution >= 0.6 is 11.6 Å². The number of hydrogen-bond acceptors (Lipinski definition) is 3. The molecule has 1 atom stereocenters. The van der Waals surface area contributed by atoms with Crippen LogP contribution in [0.3, 0.4) is 0 Å². The Labute approximate surface area is 112 Å². The van der Waals surface area contributed by atoms with Crippen LogP contribution in [0.25, 0.3) is 0 Å². The Hall–Kier alpha value is -1.39. The van der Waals surface area contributed by atoms with Crippen molar-refractivity contribution >= 4 is 11.6 Å². The highest BCUT2D eigenvalue weighted by atomic mass is 35.5. The molecule has 0 spiro atoms. The van der Waals surface area contributed by atoms with E-state index in [0.717, 1.165) is 24.2 Å². The number of nitrogens with zero attached hydrogens (tertiary/aromatic N) is 3. The molecule has 1 unspecified atom stereocenters. The third-order valence-electron chi connectivity index (χ3n) is 2.95. The Morgan fingerprint density at radius 2 is 2.22 bits per heavy atom. The van der Waals surface area contributed by atoms with Gasteiger partial charge in [-0.1, -0.05) is 18.5 Å². The number of aromatic nitrogens is 3. The summed E-state index contributed by atoms with van der Waals surface area (Å²) in [7, 11) is 1.95. The van der Waals surface area contributed by atoms with E-state index in [-0.39, 0.29) is 6.04 Å². The van der Waals surface area contributed by atoms with E-state index < -0.39 is 0 Å². The Kier molecular flexibility index (Phi) is 4.33. The van der Waals surface area contributed by atoms with E-state index >= 15 is 0 Å². The molecule has 4 nitrogen and oxygen atoms in total. The highest BCUT2D eigenvalue weighted by Gasteiger charge is 2.15. The lowest BCUT2D eigenvalue weighted by atomic mass is 10.0. The van der Waals surface area contributed by atoms with Gasteiger partial charge >= 0.3 is 0 Å². The van der Waals surface area contributed by atoms with Gasteiger partial charge in [0, 0.05) is 25.6 Å². The number of likely N-dealkylation sites (N-methyl/N-ethyl adjacent to an activating group) is 1. The van der Waals surface area contributed by atoms with Crippen LogP contribution < -0.4 is 5.32 Å². The third-order valence-corrected chi connectivity index (χ3v) is 3.29. The zero-order chi connectivity index (χ0) is 13.0. The van der Waals surface area contributed by atoms with Crippen molar-refractivity contribution in [2.75, 3.05) is 6.54 Å². The fourth-order valence-electron chi connectivity index (χ4n) is 2.04. The molecule has 0 aliphatic rings. The standard InChI is InChI=1S/C13H17ClN4/c1-3-16-12(13-5-7-17-18(13)2)8-10-4-6-15-9-11(10)14/h4-7,9,12,16H,3,8H2,1-2H3. The maximum Gasteiger partial charge on any atom is 0.0622 e. The van der Waals surface area contributed by atoms with Gasteiger partial charge in [0.25, 0.3) is 0 Å². The summed E-state index contributed by atoms with van der Waals surface area (Å²) in [5, 5.41) is 8.39. The van der Waals surface area contributed by atoms with E-state index in [9.17, 15) is 0 Å². The molecule has 96 valence electrons. The quantitative estimate of drug-likeness (QED) is 0.902. The van der Waals surface area contributed by atoms with Gasteiger partial charge in [0.2, 0.25) is 0 Å². The summed E-state index contributed by atoms with van der Waals surface area (Å²) < 4.78 is 1.89. The Bertz CT molecular complexity index is 509. The average Bonchev–Trinajstić information content (AvgIpc) is 2.78. The van der Waals surface area contributed by atoms with Crippen LogP contribution in [0.5, 0.6) is 0 Å². The van der Waals surface area contributed by atoms with Gasteiger partial charge in [-0.25, -0.2) is 0 Å². The van der Waals surface area contributed by atoms with Gasteiger partial charge < -0.3 is 5.32 Å². The van der Waals surface area contributed by atoms with Gasteiger partial charge in [-0.3, -0.25) is 9.67 Å². The molecule has 2 aromatic rings. The van der Waals surface area contributed by atoms with Crippen LogP contribution in [0, 0.1) is 0 Å². The van der Waals surface area contributed by atoms with Crippen LogP contribution in [-0.2, 0) is 13.5 Å². The van der Waals surface area contributed by atoms with Crippen LogP contribution in [0.4, 0.5) is 0 Å². The van der Waals surface area contributed by atoms with Crippen LogP contribution in [-0.4, -0.2) is 21.3 Å². The smallest absolute Gasteiger partial charge is 0.0622 e. The third kappa shape index (κ3) is 2.89. The summed E-state index contributed by atoms with van der Waals surface area (Å²) in [4.78, 5) is 4.01. The SMILES string of the molecule is CCNC(Cc1ccncc1Cl)c1ccnn1C. The van der Waals surface area contributed by atoms with Crippen molar-refractivity contribution in [1.29, 1.82) is 0 Å². The number of rotatable bonds is 5. The Morgan fingerprint density at radius 3 is 2.83 bits per heavy atom. The number of aryl methyl sites for hydroxylation is 1. The predicted octanol–water partition coefficient (Wildman–Crippen LogP) is 2.36. The number of hydrogen-bond donors (Lipinski definition) is 1. The molecular formula is C13H17ClN4. The molecule has 0 fully saturated rings. The van der Waals surface area contributed by atoms with Crippen molar-refractivity contribution in [2.24, 2.45) is 7.05 Å². The lowest BCUT2D eigenvalue weighted by molar-refractivity contribution is 0.508. The van der Waals surface area contributed by atoms with Crippen molar-refractivity contribution in [3.05, 3.63) is 47.0 Å². The molecule has 0 aliphatic heterocycles. The first kappa shape index (κ1) is 13.1. The molecule has 0 amide bonds. The predicted molar refractivity (Wildman–Crippen MR) is 72.6 cm³/mol. The van der Waals surface area contributed by atoms with Gasteiger partial charge in [0.15, 0.2) is 0 Å². The number of pyridine rings is 1. The summed E-state index contributed by atoms with van der Waals surface area (Å²) in [6.45, 7) is 3.00. The zero-order valence-electron chi connectivity index (χ0n) is 10.6. The van der Waals surface area contributed by atoms with Crippen molar-refractivity contribution < 1.29 is 0 Å². The first-order chi connectivity index (χ1) is 8.72. The second kappa shape index (κ2) is 5.98. The van der Waals surface area contributed by atoms with Crippen LogP contribution in [0.1, 0.15) is 24.2 Å². The van der Waals surface area contributed by atoms with Crippen molar-refractivity contribution in [2.45, 2.75) is 19.4 Å². The van der Waals surface area contributed by atoms with E-state index in [1.54, 1.807) is 12.4 Å². The fraction of sp³-hybridized carbons (Fsp3) is 0.385. The van der Waals surface area contributed by atoms with Gasteiger partial charge in [-0.2, -0.15) is 5.10 Å². The second-order valence-corrected chi connectivity index (χ2v) is 4.57. The zero-order valence-corrected chi connectivity index (χ0v) is 11.4. The van der Waals surface area contributed by atoms with E-state index in [1.165, 1.54) is 0 Å². The Balaban J connectivity index is 2.22. The molecule has 2 aromatic heterocycles. The minimum absolute atomic E-state index is 0.211. The topological polar surface area (TPSA) is 42.7 Å². The highest BCUT2D eigenvalue weighted by molar-refractivity contribution is 6.31. The first-order valence-electron chi connectivity index (χ1n) is 6.02. The van der Waals surface area contributed by atoms with Crippen molar-refractivity contribution in [3.8, 4) is 0 Å². The van der Waals surface area contributed by atoms with Crippen LogP contribution in [0.2, 0.25) is 5.02 Å². The van der Waals surface area contributed by atoms with Gasteiger partial charge in [-0.15, -0.1) is 0 Å². The monoisotopic (exact) mass is 264 g/mol. The molecule has 0 aromatic carbocycles. The van der Waals surface area contributed by atoms with E-state index in [4.69, 9.17) is 11.6 Å². The van der Waals surface area contributed by atoms with Gasteiger partial charge in [-0.05, 0) is 30.7 Å². The molecule has 18 heavy (non-hydrogen) atoms. The molecule has 5 heteroatoms. The summed E-state index contributed by atoms with van der Waals surface area (Å²) in [6, 6.07) is 4.20. The molecule has 0 saturated heterocycles. The molecule has 2 rings (SSSR count). The summed E-state index contributed by atoms with van der Waals surface area (Å²) in [5.41, 5.74) is 2.25. The maximum absolute atomic E-state index is 6.16. The van der Waals surface area contributed by atoms with E-state index in [1.807, 2.05) is 30.1 Å². The van der Waals surface area contributed by atoms with Crippen molar-refractivity contribution in [1.82, 2.24) is 20.1 Å².